The summed E-state index contributed by atoms with van der Waals surface area (Å²) in [6.07, 6.45) is 0.703. The topological polar surface area (TPSA) is 166 Å². The highest BCUT2D eigenvalue weighted by Crippen LogP contribution is 2.35. The third-order valence-corrected chi connectivity index (χ3v) is 11.9. The number of nitrogens with zero attached hydrogens (tertiary/aromatic N) is 6. The third-order valence-electron chi connectivity index (χ3n) is 11.9. The first-order chi connectivity index (χ1) is 34.2. The Morgan fingerprint density at radius 2 is 1.24 bits per heavy atom. The number of carbonyl (C=O) groups is 2. The van der Waals surface area contributed by atoms with E-state index in [1.165, 1.54) is 18.2 Å². The Labute approximate surface area is 409 Å². The monoisotopic (exact) mass is 962 g/mol. The highest BCUT2D eigenvalue weighted by molar-refractivity contribution is 5.78. The Morgan fingerprint density at radius 1 is 0.634 bits per heavy atom. The van der Waals surface area contributed by atoms with Crippen LogP contribution in [0.2, 0.25) is 0 Å². The second-order valence-electron chi connectivity index (χ2n) is 17.4. The van der Waals surface area contributed by atoms with Crippen molar-refractivity contribution in [2.24, 2.45) is 0 Å². The van der Waals surface area contributed by atoms with E-state index in [0.717, 1.165) is 55.6 Å². The molecule has 0 aliphatic rings. The first-order valence-electron chi connectivity index (χ1n) is 22.7. The summed E-state index contributed by atoms with van der Waals surface area (Å²) >= 11 is 0. The fraction of sp³-hybridized carbons (Fsp3) is 0.236. The second kappa shape index (κ2) is 22.3. The summed E-state index contributed by atoms with van der Waals surface area (Å²) in [5.41, 5.74) is 10.7. The lowest BCUT2D eigenvalue weighted by molar-refractivity contribution is -0.138. The van der Waals surface area contributed by atoms with Crippen molar-refractivity contribution in [3.63, 3.8) is 0 Å². The molecule has 2 aromatic heterocycles. The molecule has 0 saturated heterocycles. The minimum Gasteiger partial charge on any atom is -0.480 e. The number of likely N-dealkylation sites (N-methyl/N-ethyl adjacent to an activating group) is 2. The number of esters is 1. The van der Waals surface area contributed by atoms with E-state index in [-0.39, 0.29) is 43.8 Å². The van der Waals surface area contributed by atoms with Crippen LogP contribution in [0, 0.1) is 25.5 Å². The van der Waals surface area contributed by atoms with Gasteiger partial charge in [0.15, 0.2) is 0 Å². The van der Waals surface area contributed by atoms with Crippen molar-refractivity contribution in [1.82, 2.24) is 30.1 Å². The van der Waals surface area contributed by atoms with Crippen LogP contribution in [0.5, 0.6) is 5.75 Å². The van der Waals surface area contributed by atoms with Gasteiger partial charge in [-0.15, -0.1) is 0 Å². The molecule has 0 aliphatic heterocycles. The number of benzene rings is 6. The zero-order valence-electron chi connectivity index (χ0n) is 40.2. The van der Waals surface area contributed by atoms with Gasteiger partial charge in [0.2, 0.25) is 11.6 Å². The Kier molecular flexibility index (Phi) is 15.6. The number of methoxy groups -OCH3 is 2. The van der Waals surface area contributed by atoms with Crippen molar-refractivity contribution in [1.29, 1.82) is 0 Å². The lowest BCUT2D eigenvalue weighted by atomic mass is 9.94. The van der Waals surface area contributed by atoms with E-state index in [4.69, 9.17) is 28.4 Å². The van der Waals surface area contributed by atoms with Crippen LogP contribution < -0.4 is 4.74 Å². The molecule has 0 amide bonds. The van der Waals surface area contributed by atoms with E-state index < -0.39 is 17.8 Å². The van der Waals surface area contributed by atoms with Gasteiger partial charge >= 0.3 is 11.9 Å². The highest BCUT2D eigenvalue weighted by atomic mass is 19.1. The van der Waals surface area contributed by atoms with Gasteiger partial charge in [-0.2, -0.15) is 9.97 Å². The van der Waals surface area contributed by atoms with Crippen LogP contribution in [0.4, 0.5) is 8.78 Å². The standard InChI is InChI=1S/C55H52F2N6O8/c1-33-22-44(16-19-45(33)47-17-14-38(25-41(47)31-67-5)54-58-52(60-70-54)37-12-10-35(11-13-37)20-21-62(3)29-50(64)65)69-51(66)30-63(4)28-36-23-40(27-43(56)24-36)53-59-55(71-61-53)39-15-18-48(42(26-39)32-68-6)46-8-7-9-49(57)34(46)2/h7-19,22-27H,20-21,28-32H2,1-6H3,(H,64,65). The van der Waals surface area contributed by atoms with Crippen molar-refractivity contribution >= 4 is 11.9 Å². The lowest BCUT2D eigenvalue weighted by Crippen LogP contribution is -2.28. The molecule has 71 heavy (non-hydrogen) atoms. The smallest absolute Gasteiger partial charge is 0.325 e. The molecule has 8 rings (SSSR count). The Bertz CT molecular complexity index is 3190. The van der Waals surface area contributed by atoms with Crippen LogP contribution in [0.25, 0.3) is 67.9 Å². The minimum absolute atomic E-state index is 0.0157. The van der Waals surface area contributed by atoms with Crippen molar-refractivity contribution in [3.8, 4) is 73.7 Å². The average molecular weight is 963 g/mol. The minimum atomic E-state index is -0.859. The Morgan fingerprint density at radius 3 is 1.86 bits per heavy atom. The maximum absolute atomic E-state index is 15.1. The van der Waals surface area contributed by atoms with E-state index in [2.05, 4.69) is 20.3 Å². The molecule has 16 heteroatoms. The van der Waals surface area contributed by atoms with E-state index in [9.17, 15) is 14.0 Å². The summed E-state index contributed by atoms with van der Waals surface area (Å²) in [5, 5.41) is 17.4. The van der Waals surface area contributed by atoms with E-state index >= 15 is 4.39 Å². The molecule has 0 spiro atoms. The molecular weight excluding hydrogens is 911 g/mol. The molecule has 14 nitrogen and oxygen atoms in total. The molecule has 0 aliphatic carbocycles. The quantitative estimate of drug-likeness (QED) is 0.0566. The van der Waals surface area contributed by atoms with Crippen LogP contribution >= 0.6 is 0 Å². The van der Waals surface area contributed by atoms with E-state index in [1.54, 1.807) is 69.3 Å². The molecule has 1 N–H and O–H groups in total. The lowest BCUT2D eigenvalue weighted by Gasteiger charge is -2.17. The van der Waals surface area contributed by atoms with Crippen LogP contribution in [-0.4, -0.2) is 95.1 Å². The number of rotatable bonds is 20. The van der Waals surface area contributed by atoms with Gasteiger partial charge in [0.05, 0.1) is 26.3 Å². The molecule has 0 radical (unpaired) electrons. The predicted octanol–water partition coefficient (Wildman–Crippen LogP) is 10.2. The number of aromatic nitrogens is 4. The van der Waals surface area contributed by atoms with Gasteiger partial charge in [0.1, 0.15) is 17.4 Å². The number of halogens is 2. The number of ether oxygens (including phenoxy) is 3. The average Bonchev–Trinajstić information content (AvgIpc) is 4.04. The highest BCUT2D eigenvalue weighted by Gasteiger charge is 2.20. The largest absolute Gasteiger partial charge is 0.480 e. The van der Waals surface area contributed by atoms with Gasteiger partial charge < -0.3 is 28.4 Å². The predicted molar refractivity (Wildman–Crippen MR) is 263 cm³/mol. The molecule has 8 aromatic rings. The maximum Gasteiger partial charge on any atom is 0.325 e. The number of carboxylic acid groups (broad SMARTS) is 1. The van der Waals surface area contributed by atoms with Crippen molar-refractivity contribution in [2.45, 2.75) is 40.0 Å². The fourth-order valence-corrected chi connectivity index (χ4v) is 8.42. The summed E-state index contributed by atoms with van der Waals surface area (Å²) in [4.78, 5) is 36.9. The summed E-state index contributed by atoms with van der Waals surface area (Å²) in [7, 11) is 6.72. The van der Waals surface area contributed by atoms with Gasteiger partial charge in [-0.25, -0.2) is 8.78 Å². The van der Waals surface area contributed by atoms with Crippen LogP contribution in [0.3, 0.4) is 0 Å². The number of hydrogen-bond donors (Lipinski definition) is 1. The Hall–Kier alpha value is -7.76. The molecule has 364 valence electrons. The molecule has 0 unspecified atom stereocenters. The van der Waals surface area contributed by atoms with Crippen LogP contribution in [0.1, 0.15) is 33.4 Å². The number of aliphatic carboxylic acids is 1. The van der Waals surface area contributed by atoms with Gasteiger partial charge in [0, 0.05) is 49.6 Å². The van der Waals surface area contributed by atoms with Crippen LogP contribution in [-0.2, 0) is 45.2 Å². The number of carbonyl (C=O) groups excluding carboxylic acids is 1. The van der Waals surface area contributed by atoms with Crippen molar-refractivity contribution < 1.29 is 46.7 Å². The molecule has 2 heterocycles. The van der Waals surface area contributed by atoms with Gasteiger partial charge in [-0.3, -0.25) is 19.4 Å². The molecule has 0 saturated carbocycles. The molecule has 6 aromatic carbocycles. The maximum atomic E-state index is 15.1. The van der Waals surface area contributed by atoms with Crippen molar-refractivity contribution in [3.05, 3.63) is 160 Å². The fourth-order valence-electron chi connectivity index (χ4n) is 8.42. The van der Waals surface area contributed by atoms with Gasteiger partial charge in [-0.1, -0.05) is 64.9 Å². The first kappa shape index (κ1) is 49.7. The molecule has 0 atom stereocenters. The summed E-state index contributed by atoms with van der Waals surface area (Å²) in [6.45, 7) is 4.98. The Balaban J connectivity index is 0.890. The van der Waals surface area contributed by atoms with Crippen molar-refractivity contribution in [2.75, 3.05) is 47.9 Å². The number of aryl methyl sites for hydroxylation is 1. The molecule has 0 bridgehead atoms. The second-order valence-corrected chi connectivity index (χ2v) is 17.4. The summed E-state index contributed by atoms with van der Waals surface area (Å²) < 4.78 is 57.6. The van der Waals surface area contributed by atoms with E-state index in [0.29, 0.717) is 59.3 Å². The molecule has 0 fully saturated rings. The normalized spacial score (nSPS) is 11.5. The van der Waals surface area contributed by atoms with Gasteiger partial charge in [0.25, 0.3) is 11.8 Å². The zero-order valence-corrected chi connectivity index (χ0v) is 40.2. The SMILES string of the molecule is COCc1cc(-c2nc(-c3ccc(CCN(C)CC(=O)O)cc3)no2)ccc1-c1ccc(OC(=O)CN(C)Cc2cc(F)cc(-c3noc(-c4ccc(-c5cccc(F)c5C)c(COC)c4)n3)c2)cc1C. The van der Waals surface area contributed by atoms with Gasteiger partial charge in [-0.05, 0) is 151 Å². The number of carboxylic acids is 1. The summed E-state index contributed by atoms with van der Waals surface area (Å²) in [5.74, 6) is -0.593. The zero-order chi connectivity index (χ0) is 50.2. The molecular formula is C55H52F2N6O8. The third kappa shape index (κ3) is 12.2. The van der Waals surface area contributed by atoms with Crippen LogP contribution in [0.15, 0.2) is 124 Å². The first-order valence-corrected chi connectivity index (χ1v) is 22.7. The number of hydrogen-bond acceptors (Lipinski definition) is 13. The summed E-state index contributed by atoms with van der Waals surface area (Å²) in [6, 6.07) is 34.0. The van der Waals surface area contributed by atoms with E-state index in [1.807, 2.05) is 79.7 Å².